The number of aryl methyl sites for hydroxylation is 1. The molecule has 0 aliphatic carbocycles. The molecule has 3 nitrogen and oxygen atoms in total. The molecule has 102 valence electrons. The number of hydrogen-bond donors (Lipinski definition) is 1. The Morgan fingerprint density at radius 3 is 2.33 bits per heavy atom. The van der Waals surface area contributed by atoms with E-state index in [1.54, 1.807) is 14.2 Å². The first kappa shape index (κ1) is 15.0. The van der Waals surface area contributed by atoms with Gasteiger partial charge in [-0.1, -0.05) is 19.1 Å². The Morgan fingerprint density at radius 2 is 1.78 bits per heavy atom. The van der Waals surface area contributed by atoms with E-state index in [1.165, 1.54) is 5.56 Å². The lowest BCUT2D eigenvalue weighted by Crippen LogP contribution is -2.19. The van der Waals surface area contributed by atoms with Crippen LogP contribution in [0.4, 0.5) is 0 Å². The van der Waals surface area contributed by atoms with Crippen LogP contribution in [0.1, 0.15) is 25.3 Å². The molecule has 0 aliphatic heterocycles. The van der Waals surface area contributed by atoms with Crippen LogP contribution in [0, 0.1) is 5.92 Å². The Labute approximate surface area is 110 Å². The number of hydrogen-bond acceptors (Lipinski definition) is 3. The minimum atomic E-state index is -0.262. The third kappa shape index (κ3) is 5.07. The summed E-state index contributed by atoms with van der Waals surface area (Å²) in [7, 11) is 3.35. The minimum Gasteiger partial charge on any atom is -0.497 e. The molecule has 0 amide bonds. The molecule has 0 saturated heterocycles. The fraction of sp³-hybridized carbons (Fsp3) is 0.600. The van der Waals surface area contributed by atoms with Gasteiger partial charge in [-0.25, -0.2) is 0 Å². The predicted molar refractivity (Wildman–Crippen MR) is 73.0 cm³/mol. The average Bonchev–Trinajstić information content (AvgIpc) is 2.42. The van der Waals surface area contributed by atoms with Crippen molar-refractivity contribution in [1.82, 2.24) is 0 Å². The van der Waals surface area contributed by atoms with Crippen LogP contribution >= 0.6 is 0 Å². The molecular weight excluding hydrogens is 228 g/mol. The maximum atomic E-state index is 10.0. The fourth-order valence-corrected chi connectivity index (χ4v) is 1.89. The number of aliphatic hydroxyl groups excluding tert-OH is 1. The highest BCUT2D eigenvalue weighted by atomic mass is 16.5. The van der Waals surface area contributed by atoms with Gasteiger partial charge >= 0.3 is 0 Å². The van der Waals surface area contributed by atoms with Crippen molar-refractivity contribution in [2.75, 3.05) is 20.8 Å². The Hall–Kier alpha value is -1.06. The van der Waals surface area contributed by atoms with Crippen molar-refractivity contribution >= 4 is 0 Å². The molecule has 3 heteroatoms. The van der Waals surface area contributed by atoms with Gasteiger partial charge in [0.2, 0.25) is 0 Å². The summed E-state index contributed by atoms with van der Waals surface area (Å²) in [5.41, 5.74) is 1.23. The van der Waals surface area contributed by atoms with Crippen LogP contribution in [0.25, 0.3) is 0 Å². The van der Waals surface area contributed by atoms with Crippen molar-refractivity contribution in [1.29, 1.82) is 0 Å². The van der Waals surface area contributed by atoms with E-state index in [9.17, 15) is 5.11 Å². The lowest BCUT2D eigenvalue weighted by Gasteiger charge is -2.18. The average molecular weight is 252 g/mol. The third-order valence-corrected chi connectivity index (χ3v) is 3.32. The van der Waals surface area contributed by atoms with Crippen molar-refractivity contribution < 1.29 is 14.6 Å². The number of benzene rings is 1. The largest absolute Gasteiger partial charge is 0.497 e. The van der Waals surface area contributed by atoms with E-state index in [1.807, 2.05) is 24.3 Å². The van der Waals surface area contributed by atoms with E-state index in [0.717, 1.165) is 25.0 Å². The highest BCUT2D eigenvalue weighted by Gasteiger charge is 2.13. The van der Waals surface area contributed by atoms with E-state index in [0.29, 0.717) is 6.61 Å². The second-order valence-corrected chi connectivity index (χ2v) is 4.71. The van der Waals surface area contributed by atoms with Gasteiger partial charge in [0.15, 0.2) is 0 Å². The van der Waals surface area contributed by atoms with E-state index in [-0.39, 0.29) is 12.0 Å². The molecule has 18 heavy (non-hydrogen) atoms. The van der Waals surface area contributed by atoms with Crippen molar-refractivity contribution in [3.8, 4) is 5.75 Å². The zero-order valence-corrected chi connectivity index (χ0v) is 11.6. The molecule has 1 N–H and O–H groups in total. The molecule has 0 spiro atoms. The van der Waals surface area contributed by atoms with Gasteiger partial charge in [-0.3, -0.25) is 0 Å². The summed E-state index contributed by atoms with van der Waals surface area (Å²) in [5, 5.41) is 10.0. The van der Waals surface area contributed by atoms with Gasteiger partial charge in [0, 0.05) is 13.7 Å². The SMILES string of the molecule is COCCC(C)C(O)CCc1ccc(OC)cc1. The van der Waals surface area contributed by atoms with Crippen molar-refractivity contribution in [2.45, 2.75) is 32.3 Å². The lowest BCUT2D eigenvalue weighted by molar-refractivity contribution is 0.0822. The van der Waals surface area contributed by atoms with Gasteiger partial charge in [0.25, 0.3) is 0 Å². The number of rotatable bonds is 8. The summed E-state index contributed by atoms with van der Waals surface area (Å²) in [5.74, 6) is 1.15. The van der Waals surface area contributed by atoms with Crippen LogP contribution in [0.5, 0.6) is 5.75 Å². The van der Waals surface area contributed by atoms with Gasteiger partial charge < -0.3 is 14.6 Å². The topological polar surface area (TPSA) is 38.7 Å². The summed E-state index contributed by atoms with van der Waals surface area (Å²) < 4.78 is 10.1. The first-order valence-corrected chi connectivity index (χ1v) is 6.47. The lowest BCUT2D eigenvalue weighted by atomic mass is 9.95. The summed E-state index contributed by atoms with van der Waals surface area (Å²) in [6.07, 6.45) is 2.32. The molecule has 0 bridgehead atoms. The zero-order valence-electron chi connectivity index (χ0n) is 11.6. The summed E-state index contributed by atoms with van der Waals surface area (Å²) in [4.78, 5) is 0. The van der Waals surface area contributed by atoms with Crippen molar-refractivity contribution in [3.05, 3.63) is 29.8 Å². The third-order valence-electron chi connectivity index (χ3n) is 3.32. The molecule has 0 saturated carbocycles. The molecule has 0 fully saturated rings. The van der Waals surface area contributed by atoms with Gasteiger partial charge in [-0.05, 0) is 42.9 Å². The smallest absolute Gasteiger partial charge is 0.118 e. The highest BCUT2D eigenvalue weighted by Crippen LogP contribution is 2.16. The maximum absolute atomic E-state index is 10.0. The Kier molecular flexibility index (Phi) is 6.76. The molecule has 2 atom stereocenters. The van der Waals surface area contributed by atoms with Gasteiger partial charge in [0.1, 0.15) is 5.75 Å². The van der Waals surface area contributed by atoms with Crippen molar-refractivity contribution in [2.24, 2.45) is 5.92 Å². The summed E-state index contributed by atoms with van der Waals surface area (Å²) >= 11 is 0. The quantitative estimate of drug-likeness (QED) is 0.773. The van der Waals surface area contributed by atoms with Crippen LogP contribution < -0.4 is 4.74 Å². The van der Waals surface area contributed by atoms with Crippen LogP contribution in [-0.2, 0) is 11.2 Å². The van der Waals surface area contributed by atoms with E-state index in [4.69, 9.17) is 9.47 Å². The number of ether oxygens (including phenoxy) is 2. The van der Waals surface area contributed by atoms with E-state index < -0.39 is 0 Å². The Morgan fingerprint density at radius 1 is 1.11 bits per heavy atom. The predicted octanol–water partition coefficient (Wildman–Crippen LogP) is 2.66. The molecule has 2 unspecified atom stereocenters. The second-order valence-electron chi connectivity index (χ2n) is 4.71. The Balaban J connectivity index is 2.34. The number of aliphatic hydroxyl groups is 1. The van der Waals surface area contributed by atoms with Crippen molar-refractivity contribution in [3.63, 3.8) is 0 Å². The zero-order chi connectivity index (χ0) is 13.4. The van der Waals surface area contributed by atoms with E-state index in [2.05, 4.69) is 6.92 Å². The fourth-order valence-electron chi connectivity index (χ4n) is 1.89. The molecule has 0 aromatic heterocycles. The first-order valence-electron chi connectivity index (χ1n) is 6.47. The first-order chi connectivity index (χ1) is 8.67. The number of methoxy groups -OCH3 is 2. The highest BCUT2D eigenvalue weighted by molar-refractivity contribution is 5.27. The van der Waals surface area contributed by atoms with Crippen LogP contribution in [0.2, 0.25) is 0 Å². The molecule has 0 aliphatic rings. The molecule has 1 rings (SSSR count). The molecular formula is C15H24O3. The second kappa shape index (κ2) is 8.11. The van der Waals surface area contributed by atoms with Crippen LogP contribution in [-0.4, -0.2) is 32.0 Å². The maximum Gasteiger partial charge on any atom is 0.118 e. The normalized spacial score (nSPS) is 14.2. The van der Waals surface area contributed by atoms with E-state index >= 15 is 0 Å². The van der Waals surface area contributed by atoms with Gasteiger partial charge in [-0.15, -0.1) is 0 Å². The van der Waals surface area contributed by atoms with Gasteiger partial charge in [0.05, 0.1) is 13.2 Å². The molecule has 1 aromatic rings. The summed E-state index contributed by atoms with van der Waals surface area (Å²) in [6.45, 7) is 2.78. The standard InChI is InChI=1S/C15H24O3/c1-12(10-11-17-2)15(16)9-6-13-4-7-14(18-3)8-5-13/h4-5,7-8,12,15-16H,6,9-11H2,1-3H3. The van der Waals surface area contributed by atoms with Gasteiger partial charge in [-0.2, -0.15) is 0 Å². The van der Waals surface area contributed by atoms with Crippen LogP contribution in [0.15, 0.2) is 24.3 Å². The Bertz CT molecular complexity index is 321. The monoisotopic (exact) mass is 252 g/mol. The minimum absolute atomic E-state index is 0.262. The van der Waals surface area contributed by atoms with Crippen LogP contribution in [0.3, 0.4) is 0 Å². The molecule has 1 aromatic carbocycles. The summed E-state index contributed by atoms with van der Waals surface area (Å²) in [6, 6.07) is 8.00. The molecule has 0 heterocycles. The molecule has 0 radical (unpaired) electrons.